The van der Waals surface area contributed by atoms with E-state index in [1.807, 2.05) is 32.0 Å². The highest BCUT2D eigenvalue weighted by Gasteiger charge is 2.29. The number of hydrogen-bond donors (Lipinski definition) is 3. The molecule has 0 bridgehead atoms. The molecule has 8 heteroatoms. The van der Waals surface area contributed by atoms with Gasteiger partial charge >= 0.3 is 0 Å². The Morgan fingerprint density at radius 3 is 2.39 bits per heavy atom. The molecule has 1 heterocycles. The van der Waals surface area contributed by atoms with Gasteiger partial charge in [-0.1, -0.05) is 33.8 Å². The van der Waals surface area contributed by atoms with Crippen molar-refractivity contribution in [3.8, 4) is 11.5 Å². The summed E-state index contributed by atoms with van der Waals surface area (Å²) in [5.74, 6) is 1.69. The zero-order chi connectivity index (χ0) is 28.1. The van der Waals surface area contributed by atoms with Gasteiger partial charge in [-0.2, -0.15) is 0 Å². The minimum absolute atomic E-state index is 0.0729. The number of carbonyl (C=O) groups excluding carboxylic acids is 1. The van der Waals surface area contributed by atoms with Crippen LogP contribution in [0.3, 0.4) is 0 Å². The van der Waals surface area contributed by atoms with Crippen LogP contribution in [-0.4, -0.2) is 50.6 Å². The highest BCUT2D eigenvalue weighted by atomic mass is 16.5. The van der Waals surface area contributed by atoms with Gasteiger partial charge in [-0.05, 0) is 60.8 Å². The van der Waals surface area contributed by atoms with Crippen LogP contribution in [0.25, 0.3) is 0 Å². The van der Waals surface area contributed by atoms with Crippen molar-refractivity contribution in [2.24, 2.45) is 29.4 Å². The van der Waals surface area contributed by atoms with Crippen molar-refractivity contribution < 1.29 is 28.5 Å². The molecule has 1 aromatic carbocycles. The van der Waals surface area contributed by atoms with Crippen molar-refractivity contribution in [2.75, 3.05) is 27.4 Å². The van der Waals surface area contributed by atoms with Crippen LogP contribution in [0, 0.1) is 23.7 Å². The van der Waals surface area contributed by atoms with E-state index in [1.54, 1.807) is 26.7 Å². The number of methoxy groups -OCH3 is 2. The predicted octanol–water partition coefficient (Wildman–Crippen LogP) is 4.58. The maximum absolute atomic E-state index is 12.9. The molecule has 0 saturated heterocycles. The van der Waals surface area contributed by atoms with E-state index in [9.17, 15) is 9.90 Å². The van der Waals surface area contributed by atoms with E-state index in [1.165, 1.54) is 0 Å². The average molecular weight is 533 g/mol. The van der Waals surface area contributed by atoms with Crippen molar-refractivity contribution in [2.45, 2.75) is 72.1 Å². The monoisotopic (exact) mass is 532 g/mol. The summed E-state index contributed by atoms with van der Waals surface area (Å²) in [7, 11) is 3.31. The predicted molar refractivity (Wildman–Crippen MR) is 149 cm³/mol. The first-order valence-corrected chi connectivity index (χ1v) is 13.7. The lowest BCUT2D eigenvalue weighted by atomic mass is 9.81. The summed E-state index contributed by atoms with van der Waals surface area (Å²) in [5, 5.41) is 14.0. The fourth-order valence-corrected chi connectivity index (χ4v) is 4.58. The van der Waals surface area contributed by atoms with Crippen LogP contribution in [0.2, 0.25) is 0 Å². The van der Waals surface area contributed by atoms with Crippen molar-refractivity contribution in [1.29, 1.82) is 0 Å². The molecule has 4 N–H and O–H groups in total. The van der Waals surface area contributed by atoms with Gasteiger partial charge in [0.1, 0.15) is 0 Å². The second-order valence-corrected chi connectivity index (χ2v) is 10.8. The molecule has 0 aliphatic carbocycles. The first-order chi connectivity index (χ1) is 18.2. The number of aliphatic hydroxyl groups excluding tert-OH is 1. The zero-order valence-electron chi connectivity index (χ0n) is 23.9. The number of furan rings is 1. The Kier molecular flexibility index (Phi) is 13.7. The summed E-state index contributed by atoms with van der Waals surface area (Å²) in [6.07, 6.45) is 4.98. The van der Waals surface area contributed by atoms with E-state index in [4.69, 9.17) is 24.4 Å². The smallest absolute Gasteiger partial charge is 0.223 e. The molecule has 0 unspecified atom stereocenters. The molecule has 1 amide bonds. The SMILES string of the molecule is COCCCOc1cc(C[C@@H](C[C@H](N)[C@@H](O)C[C@H](C(=O)NCc2ccoc2)C(C)C)C(C)C)ccc1OC. The van der Waals surface area contributed by atoms with Crippen LogP contribution in [0.1, 0.15) is 58.1 Å². The van der Waals surface area contributed by atoms with Crippen molar-refractivity contribution in [1.82, 2.24) is 5.32 Å². The van der Waals surface area contributed by atoms with Gasteiger partial charge in [0.25, 0.3) is 0 Å². The minimum Gasteiger partial charge on any atom is -0.493 e. The number of nitrogens with two attached hydrogens (primary N) is 1. The summed E-state index contributed by atoms with van der Waals surface area (Å²) in [5.41, 5.74) is 8.56. The fraction of sp³-hybridized carbons (Fsp3) is 0.633. The van der Waals surface area contributed by atoms with E-state index >= 15 is 0 Å². The van der Waals surface area contributed by atoms with Gasteiger partial charge in [0.05, 0.1) is 32.3 Å². The molecule has 2 aromatic rings. The third-order valence-corrected chi connectivity index (χ3v) is 7.17. The summed E-state index contributed by atoms with van der Waals surface area (Å²) >= 11 is 0. The highest BCUT2D eigenvalue weighted by molar-refractivity contribution is 5.78. The first-order valence-electron chi connectivity index (χ1n) is 13.7. The van der Waals surface area contributed by atoms with E-state index in [0.717, 1.165) is 24.0 Å². The van der Waals surface area contributed by atoms with Crippen LogP contribution in [0.5, 0.6) is 11.5 Å². The summed E-state index contributed by atoms with van der Waals surface area (Å²) in [6, 6.07) is 7.40. The number of rotatable bonds is 18. The van der Waals surface area contributed by atoms with Gasteiger partial charge in [0.2, 0.25) is 5.91 Å². The molecule has 1 aromatic heterocycles. The molecule has 214 valence electrons. The van der Waals surface area contributed by atoms with Crippen LogP contribution >= 0.6 is 0 Å². The standard InChI is InChI=1S/C30H48N2O6/c1-20(2)24(14-22-8-9-28(36-6)29(15-22)38-12-7-11-35-5)16-26(31)27(33)17-25(21(3)4)30(34)32-18-23-10-13-37-19-23/h8-10,13,15,19-21,24-27,33H,7,11-12,14,16-18,31H2,1-6H3,(H,32,34)/t24-,25-,26-,27-/m0/s1. The van der Waals surface area contributed by atoms with Crippen LogP contribution in [0.4, 0.5) is 0 Å². The van der Waals surface area contributed by atoms with Crippen molar-refractivity contribution >= 4 is 5.91 Å². The Morgan fingerprint density at radius 1 is 1.03 bits per heavy atom. The Balaban J connectivity index is 2.00. The molecule has 38 heavy (non-hydrogen) atoms. The molecule has 0 aliphatic rings. The molecule has 0 fully saturated rings. The zero-order valence-corrected chi connectivity index (χ0v) is 23.9. The average Bonchev–Trinajstić information content (AvgIpc) is 3.41. The molecule has 8 nitrogen and oxygen atoms in total. The number of aliphatic hydroxyl groups is 1. The second kappa shape index (κ2) is 16.4. The van der Waals surface area contributed by atoms with E-state index in [-0.39, 0.29) is 23.7 Å². The third-order valence-electron chi connectivity index (χ3n) is 7.17. The first kappa shape index (κ1) is 31.7. The maximum Gasteiger partial charge on any atom is 0.223 e. The number of hydrogen-bond acceptors (Lipinski definition) is 7. The minimum atomic E-state index is -0.779. The van der Waals surface area contributed by atoms with Crippen LogP contribution in [-0.2, 0) is 22.5 Å². The number of carbonyl (C=O) groups is 1. The summed E-state index contributed by atoms with van der Waals surface area (Å²) in [4.78, 5) is 12.9. The fourth-order valence-electron chi connectivity index (χ4n) is 4.58. The summed E-state index contributed by atoms with van der Waals surface area (Å²) < 4.78 is 21.6. The Bertz CT molecular complexity index is 931. The maximum atomic E-state index is 12.9. The number of amides is 1. The lowest BCUT2D eigenvalue weighted by molar-refractivity contribution is -0.127. The molecule has 0 aliphatic heterocycles. The second-order valence-electron chi connectivity index (χ2n) is 10.8. The molecule has 2 rings (SSSR count). The van der Waals surface area contributed by atoms with E-state index in [0.29, 0.717) is 50.0 Å². The van der Waals surface area contributed by atoms with Crippen LogP contribution in [0.15, 0.2) is 41.2 Å². The Labute approximate surface area is 228 Å². The quantitative estimate of drug-likeness (QED) is 0.241. The third kappa shape index (κ3) is 10.3. The van der Waals surface area contributed by atoms with Gasteiger partial charge < -0.3 is 34.8 Å². The van der Waals surface area contributed by atoms with Gasteiger partial charge in [0.15, 0.2) is 11.5 Å². The molecule has 0 spiro atoms. The van der Waals surface area contributed by atoms with Gasteiger partial charge in [-0.25, -0.2) is 0 Å². The Hall–Kier alpha value is -2.55. The van der Waals surface area contributed by atoms with Crippen LogP contribution < -0.4 is 20.5 Å². The molecule has 0 saturated carbocycles. The summed E-state index contributed by atoms with van der Waals surface area (Å²) in [6.45, 7) is 9.93. The highest BCUT2D eigenvalue weighted by Crippen LogP contribution is 2.31. The largest absolute Gasteiger partial charge is 0.493 e. The van der Waals surface area contributed by atoms with Gasteiger partial charge in [-0.3, -0.25) is 4.79 Å². The Morgan fingerprint density at radius 2 is 1.79 bits per heavy atom. The lowest BCUT2D eigenvalue weighted by Gasteiger charge is -2.30. The normalized spacial score (nSPS) is 14.8. The van der Waals surface area contributed by atoms with E-state index < -0.39 is 12.1 Å². The lowest BCUT2D eigenvalue weighted by Crippen LogP contribution is -2.42. The number of ether oxygens (including phenoxy) is 3. The van der Waals surface area contributed by atoms with Gasteiger partial charge in [0, 0.05) is 44.2 Å². The molecule has 4 atom stereocenters. The molecular weight excluding hydrogens is 484 g/mol. The van der Waals surface area contributed by atoms with Crippen molar-refractivity contribution in [3.05, 3.63) is 47.9 Å². The topological polar surface area (TPSA) is 116 Å². The molecule has 0 radical (unpaired) electrons. The van der Waals surface area contributed by atoms with Gasteiger partial charge in [-0.15, -0.1) is 0 Å². The van der Waals surface area contributed by atoms with Crippen molar-refractivity contribution in [3.63, 3.8) is 0 Å². The number of benzene rings is 1. The number of nitrogens with one attached hydrogen (secondary N) is 1. The van der Waals surface area contributed by atoms with E-state index in [2.05, 4.69) is 25.2 Å². The molecular formula is C30H48N2O6.